The summed E-state index contributed by atoms with van der Waals surface area (Å²) in [6.07, 6.45) is 6.52. The molecule has 348 valence electrons. The fraction of sp³-hybridized carbons (Fsp3) is 0.0986. The van der Waals surface area contributed by atoms with Crippen LogP contribution in [0.15, 0.2) is 261 Å². The van der Waals surface area contributed by atoms with E-state index >= 15 is 0 Å². The monoisotopic (exact) mass is 934 g/mol. The molecule has 11 aromatic carbocycles. The van der Waals surface area contributed by atoms with E-state index in [9.17, 15) is 0 Å². The molecule has 3 aliphatic carbocycles. The van der Waals surface area contributed by atoms with Crippen molar-refractivity contribution in [3.05, 3.63) is 289 Å². The third-order valence-electron chi connectivity index (χ3n) is 16.3. The highest BCUT2D eigenvalue weighted by Gasteiger charge is 2.52. The largest absolute Gasteiger partial charge is 0.310 e. The zero-order chi connectivity index (χ0) is 48.3. The first kappa shape index (κ1) is 43.1. The maximum absolute atomic E-state index is 2.53. The van der Waals surface area contributed by atoms with Gasteiger partial charge >= 0.3 is 0 Å². The molecule has 0 aromatic heterocycles. The Kier molecular flexibility index (Phi) is 10.5. The second-order valence-corrected chi connectivity index (χ2v) is 20.2. The summed E-state index contributed by atoms with van der Waals surface area (Å²) in [5.74, 6) is 0.620. The van der Waals surface area contributed by atoms with Gasteiger partial charge in [0.2, 0.25) is 0 Å². The lowest BCUT2D eigenvalue weighted by Crippen LogP contribution is -2.26. The molecule has 73 heavy (non-hydrogen) atoms. The van der Waals surface area contributed by atoms with E-state index in [0.29, 0.717) is 5.92 Å². The van der Waals surface area contributed by atoms with E-state index < -0.39 is 5.41 Å². The van der Waals surface area contributed by atoms with Gasteiger partial charge in [-0.3, -0.25) is 0 Å². The summed E-state index contributed by atoms with van der Waals surface area (Å²) in [4.78, 5) is 4.98. The smallest absolute Gasteiger partial charge is 0.0726 e. The second-order valence-electron chi connectivity index (χ2n) is 20.2. The molecule has 2 heteroatoms. The molecule has 14 rings (SSSR count). The minimum Gasteiger partial charge on any atom is -0.310 e. The fourth-order valence-corrected chi connectivity index (χ4v) is 12.9. The van der Waals surface area contributed by atoms with E-state index in [0.717, 1.165) is 28.4 Å². The van der Waals surface area contributed by atoms with Crippen molar-refractivity contribution >= 4 is 44.9 Å². The summed E-state index contributed by atoms with van der Waals surface area (Å²) < 4.78 is 0. The van der Waals surface area contributed by atoms with Crippen molar-refractivity contribution in [3.8, 4) is 44.5 Å². The van der Waals surface area contributed by atoms with Crippen LogP contribution in [0.25, 0.3) is 55.3 Å². The van der Waals surface area contributed by atoms with E-state index in [1.165, 1.54) is 121 Å². The maximum Gasteiger partial charge on any atom is 0.0726 e. The summed E-state index contributed by atoms with van der Waals surface area (Å²) in [7, 11) is 0. The zero-order valence-corrected chi connectivity index (χ0v) is 40.8. The molecule has 3 aliphatic rings. The van der Waals surface area contributed by atoms with Gasteiger partial charge in [0.25, 0.3) is 0 Å². The van der Waals surface area contributed by atoms with Gasteiger partial charge in [0.15, 0.2) is 0 Å². The van der Waals surface area contributed by atoms with Gasteiger partial charge in [0, 0.05) is 33.9 Å². The van der Waals surface area contributed by atoms with Crippen molar-refractivity contribution in [2.24, 2.45) is 0 Å². The Balaban J connectivity index is 0.963. The lowest BCUT2D eigenvalue weighted by atomic mass is 9.70. The van der Waals surface area contributed by atoms with Crippen molar-refractivity contribution in [2.45, 2.75) is 43.4 Å². The minimum absolute atomic E-state index is 0.442. The number of fused-ring (bicyclic) bond motifs is 11. The van der Waals surface area contributed by atoms with Crippen LogP contribution in [0.4, 0.5) is 34.1 Å². The van der Waals surface area contributed by atoms with Crippen LogP contribution in [-0.4, -0.2) is 0 Å². The van der Waals surface area contributed by atoms with Crippen LogP contribution < -0.4 is 9.80 Å². The maximum atomic E-state index is 2.53. The topological polar surface area (TPSA) is 6.48 Å². The summed E-state index contributed by atoms with van der Waals surface area (Å²) >= 11 is 0. The molecule has 11 aromatic rings. The van der Waals surface area contributed by atoms with E-state index in [2.05, 4.69) is 271 Å². The van der Waals surface area contributed by atoms with Gasteiger partial charge in [-0.05, 0) is 157 Å². The van der Waals surface area contributed by atoms with Gasteiger partial charge < -0.3 is 9.80 Å². The summed E-state index contributed by atoms with van der Waals surface area (Å²) in [6, 6.07) is 97.5. The first-order chi connectivity index (χ1) is 36.2. The number of hydrogen-bond acceptors (Lipinski definition) is 2. The van der Waals surface area contributed by atoms with Gasteiger partial charge in [-0.2, -0.15) is 0 Å². The van der Waals surface area contributed by atoms with Crippen molar-refractivity contribution < 1.29 is 0 Å². The normalized spacial score (nSPS) is 14.1. The molecule has 0 radical (unpaired) electrons. The quantitative estimate of drug-likeness (QED) is 0.142. The Labute approximate surface area is 429 Å². The van der Waals surface area contributed by atoms with Crippen LogP contribution in [0.3, 0.4) is 0 Å². The highest BCUT2D eigenvalue weighted by Crippen LogP contribution is 2.64. The highest BCUT2D eigenvalue weighted by molar-refractivity contribution is 6.02. The van der Waals surface area contributed by atoms with Crippen molar-refractivity contribution in [1.29, 1.82) is 0 Å². The van der Waals surface area contributed by atoms with Gasteiger partial charge in [-0.25, -0.2) is 0 Å². The number of anilines is 6. The molecule has 0 aliphatic heterocycles. The van der Waals surface area contributed by atoms with Gasteiger partial charge in [0.1, 0.15) is 0 Å². The van der Waals surface area contributed by atoms with Crippen LogP contribution in [0.5, 0.6) is 0 Å². The van der Waals surface area contributed by atoms with E-state index in [4.69, 9.17) is 0 Å². The van der Waals surface area contributed by atoms with Gasteiger partial charge in [-0.15, -0.1) is 0 Å². The molecular formula is C71H54N2. The number of benzene rings is 11. The molecular weight excluding hydrogens is 881 g/mol. The van der Waals surface area contributed by atoms with Crippen LogP contribution in [0.2, 0.25) is 0 Å². The fourth-order valence-electron chi connectivity index (χ4n) is 12.9. The average Bonchev–Trinajstić information content (AvgIpc) is 3.96. The Morgan fingerprint density at radius 1 is 0.301 bits per heavy atom. The second kappa shape index (κ2) is 17.8. The molecule has 2 nitrogen and oxygen atoms in total. The molecule has 0 atom stereocenters. The first-order valence-electron chi connectivity index (χ1n) is 26.2. The van der Waals surface area contributed by atoms with Crippen LogP contribution in [0.1, 0.15) is 65.8 Å². The summed E-state index contributed by atoms with van der Waals surface area (Å²) in [5, 5.41) is 2.42. The highest BCUT2D eigenvalue weighted by atomic mass is 15.2. The molecule has 0 heterocycles. The van der Waals surface area contributed by atoms with Crippen LogP contribution in [0, 0.1) is 0 Å². The average molecular weight is 935 g/mol. The lowest BCUT2D eigenvalue weighted by Gasteiger charge is -2.32. The minimum atomic E-state index is -0.442. The molecule has 0 amide bonds. The van der Waals surface area contributed by atoms with Crippen molar-refractivity contribution in [3.63, 3.8) is 0 Å². The molecule has 1 saturated carbocycles. The van der Waals surface area contributed by atoms with E-state index in [1.54, 1.807) is 0 Å². The molecule has 0 N–H and O–H groups in total. The molecule has 0 unspecified atom stereocenters. The Morgan fingerprint density at radius 3 is 1.34 bits per heavy atom. The Bertz CT molecular complexity index is 3770. The third-order valence-corrected chi connectivity index (χ3v) is 16.3. The molecule has 0 bridgehead atoms. The number of hydrogen-bond donors (Lipinski definition) is 0. The predicted octanol–water partition coefficient (Wildman–Crippen LogP) is 19.5. The lowest BCUT2D eigenvalue weighted by molar-refractivity contribution is 0.443. The third kappa shape index (κ3) is 7.07. The predicted molar refractivity (Wildman–Crippen MR) is 306 cm³/mol. The van der Waals surface area contributed by atoms with Gasteiger partial charge in [-0.1, -0.05) is 213 Å². The van der Waals surface area contributed by atoms with E-state index in [1.807, 2.05) is 0 Å². The Hall–Kier alpha value is -8.72. The SMILES string of the molecule is c1ccc(-c2ccc(N(c3ccc(N(c4ccc(C5CCCCC5)cc4)c4cccc5c4-c4ccccc4C54c5ccccc5-c5ccccc54)cc3)c3cc4ccccc4cc3-c3ccccc3)cc2)cc1. The van der Waals surface area contributed by atoms with Crippen LogP contribution in [-0.2, 0) is 5.41 Å². The van der Waals surface area contributed by atoms with E-state index in [-0.39, 0.29) is 0 Å². The molecule has 1 fully saturated rings. The van der Waals surface area contributed by atoms with Crippen LogP contribution >= 0.6 is 0 Å². The molecule has 0 saturated heterocycles. The zero-order valence-electron chi connectivity index (χ0n) is 40.8. The Morgan fingerprint density at radius 2 is 0.740 bits per heavy atom. The number of nitrogens with zero attached hydrogens (tertiary/aromatic N) is 2. The molecule has 1 spiro atoms. The van der Waals surface area contributed by atoms with Crippen molar-refractivity contribution in [2.75, 3.05) is 9.80 Å². The summed E-state index contributed by atoms with van der Waals surface area (Å²) in [6.45, 7) is 0. The summed E-state index contributed by atoms with van der Waals surface area (Å²) in [5.41, 5.74) is 23.1. The number of rotatable bonds is 9. The first-order valence-corrected chi connectivity index (χ1v) is 26.2. The van der Waals surface area contributed by atoms with Gasteiger partial charge in [0.05, 0.1) is 16.8 Å². The standard InChI is InChI=1S/C71H54N2/c1-4-19-49(20-5-1)51-35-39-56(40-36-51)72(68-34-18-33-67-70(68)62-29-14-17-32-66(62)71(67)64-30-15-12-27-60(64)61-28-13-16-31-65(61)71)58-43-45-59(46-44-58)73(57-41-37-52(38-42-57)50-21-6-2-7-22-50)69-48-55-26-11-10-25-54(55)47-63(69)53-23-8-3-9-24-53/h2-3,6-18,21-49H,1,4-5,19-20H2. The van der Waals surface area contributed by atoms with Crippen molar-refractivity contribution in [1.82, 2.24) is 0 Å².